The van der Waals surface area contributed by atoms with Crippen LogP contribution in [0.15, 0.2) is 0 Å². The highest BCUT2D eigenvalue weighted by Gasteiger charge is 2.16. The molecule has 0 heterocycles. The van der Waals surface area contributed by atoms with Crippen molar-refractivity contribution in [2.75, 3.05) is 13.2 Å². The molecule has 23 heavy (non-hydrogen) atoms. The quantitative estimate of drug-likeness (QED) is 0.312. The summed E-state index contributed by atoms with van der Waals surface area (Å²) < 4.78 is 9.99. The molecule has 4 nitrogen and oxygen atoms in total. The lowest BCUT2D eigenvalue weighted by Crippen LogP contribution is -2.16. The Bertz CT molecular complexity index is 302. The summed E-state index contributed by atoms with van der Waals surface area (Å²) in [4.78, 5) is 22.8. The molecular weight excluding hydrogens is 292 g/mol. The van der Waals surface area contributed by atoms with E-state index >= 15 is 0 Å². The third-order valence-electron chi connectivity index (χ3n) is 4.10. The van der Waals surface area contributed by atoms with Gasteiger partial charge in [0.25, 0.3) is 0 Å². The molecule has 0 aliphatic carbocycles. The Hall–Kier alpha value is -1.06. The molecule has 0 amide bonds. The van der Waals surface area contributed by atoms with E-state index in [0.29, 0.717) is 19.6 Å². The standard InChI is InChI=1S/C19H36O4/c1-4-17(19(21)23-6-3)15-13-11-9-7-8-10-12-14-16-18(20)22-5-2/h17H,4-16H2,1-3H3. The van der Waals surface area contributed by atoms with E-state index in [2.05, 4.69) is 6.92 Å². The molecule has 1 atom stereocenters. The smallest absolute Gasteiger partial charge is 0.308 e. The lowest BCUT2D eigenvalue weighted by molar-refractivity contribution is -0.148. The summed E-state index contributed by atoms with van der Waals surface area (Å²) in [6.07, 6.45) is 11.6. The van der Waals surface area contributed by atoms with Crippen LogP contribution in [0.5, 0.6) is 0 Å². The van der Waals surface area contributed by atoms with E-state index in [1.807, 2.05) is 13.8 Å². The number of carbonyl (C=O) groups is 2. The number of carbonyl (C=O) groups excluding carboxylic acids is 2. The van der Waals surface area contributed by atoms with E-state index in [-0.39, 0.29) is 17.9 Å². The fourth-order valence-electron chi connectivity index (χ4n) is 2.70. The monoisotopic (exact) mass is 328 g/mol. The zero-order valence-corrected chi connectivity index (χ0v) is 15.4. The molecule has 0 N–H and O–H groups in total. The third-order valence-corrected chi connectivity index (χ3v) is 4.10. The summed E-state index contributed by atoms with van der Waals surface area (Å²) in [5.41, 5.74) is 0. The molecule has 0 bridgehead atoms. The van der Waals surface area contributed by atoms with Crippen molar-refractivity contribution in [2.45, 2.75) is 91.4 Å². The molecule has 136 valence electrons. The summed E-state index contributed by atoms with van der Waals surface area (Å²) in [6.45, 7) is 6.71. The molecule has 0 aromatic heterocycles. The minimum absolute atomic E-state index is 0.0309. The fraction of sp³-hybridized carbons (Fsp3) is 0.895. The minimum atomic E-state index is -0.0698. The molecule has 4 heteroatoms. The molecule has 1 unspecified atom stereocenters. The Labute approximate surface area is 142 Å². The van der Waals surface area contributed by atoms with Crippen molar-refractivity contribution in [3.8, 4) is 0 Å². The van der Waals surface area contributed by atoms with Crippen molar-refractivity contribution < 1.29 is 19.1 Å². The van der Waals surface area contributed by atoms with Gasteiger partial charge < -0.3 is 9.47 Å². The van der Waals surface area contributed by atoms with Gasteiger partial charge in [-0.15, -0.1) is 0 Å². The van der Waals surface area contributed by atoms with Gasteiger partial charge in [-0.25, -0.2) is 0 Å². The SMILES string of the molecule is CCOC(=O)CCCCCCCCCCC(CC)C(=O)OCC. The topological polar surface area (TPSA) is 52.6 Å². The second-order valence-electron chi connectivity index (χ2n) is 6.03. The van der Waals surface area contributed by atoms with Crippen LogP contribution in [-0.2, 0) is 19.1 Å². The predicted molar refractivity (Wildman–Crippen MR) is 93.2 cm³/mol. The number of hydrogen-bond donors (Lipinski definition) is 0. The van der Waals surface area contributed by atoms with Crippen LogP contribution in [0.1, 0.15) is 91.4 Å². The van der Waals surface area contributed by atoms with Gasteiger partial charge in [0.15, 0.2) is 0 Å². The zero-order valence-electron chi connectivity index (χ0n) is 15.4. The molecule has 0 aromatic rings. The zero-order chi connectivity index (χ0) is 17.3. The lowest BCUT2D eigenvalue weighted by atomic mass is 9.98. The van der Waals surface area contributed by atoms with Crippen molar-refractivity contribution in [1.29, 1.82) is 0 Å². The Morgan fingerprint density at radius 2 is 1.26 bits per heavy atom. The summed E-state index contributed by atoms with van der Waals surface area (Å²) in [6, 6.07) is 0. The molecule has 0 saturated heterocycles. The molecule has 0 saturated carbocycles. The Morgan fingerprint density at radius 3 is 1.78 bits per heavy atom. The van der Waals surface area contributed by atoms with E-state index in [1.54, 1.807) is 0 Å². The summed E-state index contributed by atoms with van der Waals surface area (Å²) in [7, 11) is 0. The Balaban J connectivity index is 3.39. The van der Waals surface area contributed by atoms with Gasteiger partial charge in [0.1, 0.15) is 0 Å². The van der Waals surface area contributed by atoms with Crippen LogP contribution in [0.2, 0.25) is 0 Å². The van der Waals surface area contributed by atoms with E-state index in [9.17, 15) is 9.59 Å². The van der Waals surface area contributed by atoms with Crippen LogP contribution in [0.25, 0.3) is 0 Å². The van der Waals surface area contributed by atoms with Crippen molar-refractivity contribution >= 4 is 11.9 Å². The van der Waals surface area contributed by atoms with Gasteiger partial charge in [-0.2, -0.15) is 0 Å². The Morgan fingerprint density at radius 1 is 0.739 bits per heavy atom. The highest BCUT2D eigenvalue weighted by molar-refractivity contribution is 5.72. The van der Waals surface area contributed by atoms with Gasteiger partial charge in [-0.05, 0) is 33.1 Å². The largest absolute Gasteiger partial charge is 0.466 e. The second kappa shape index (κ2) is 15.8. The van der Waals surface area contributed by atoms with Crippen molar-refractivity contribution in [2.24, 2.45) is 5.92 Å². The average Bonchev–Trinajstić information content (AvgIpc) is 2.53. The highest BCUT2D eigenvalue weighted by Crippen LogP contribution is 2.17. The van der Waals surface area contributed by atoms with E-state index in [0.717, 1.165) is 32.1 Å². The van der Waals surface area contributed by atoms with Crippen LogP contribution in [0.4, 0.5) is 0 Å². The van der Waals surface area contributed by atoms with Crippen LogP contribution in [0, 0.1) is 5.92 Å². The molecule has 0 radical (unpaired) electrons. The minimum Gasteiger partial charge on any atom is -0.466 e. The molecule has 0 aliphatic heterocycles. The van der Waals surface area contributed by atoms with Gasteiger partial charge >= 0.3 is 11.9 Å². The maximum absolute atomic E-state index is 11.7. The maximum atomic E-state index is 11.7. The molecule has 0 fully saturated rings. The van der Waals surface area contributed by atoms with Crippen molar-refractivity contribution in [1.82, 2.24) is 0 Å². The van der Waals surface area contributed by atoms with Crippen LogP contribution < -0.4 is 0 Å². The molecule has 0 aromatic carbocycles. The van der Waals surface area contributed by atoms with E-state index in [4.69, 9.17) is 9.47 Å². The van der Waals surface area contributed by atoms with Gasteiger partial charge in [-0.1, -0.05) is 51.9 Å². The van der Waals surface area contributed by atoms with Crippen molar-refractivity contribution in [3.05, 3.63) is 0 Å². The van der Waals surface area contributed by atoms with Crippen LogP contribution in [-0.4, -0.2) is 25.2 Å². The predicted octanol–water partition coefficient (Wildman–Crippen LogP) is 5.04. The number of ether oxygens (including phenoxy) is 2. The maximum Gasteiger partial charge on any atom is 0.308 e. The first-order chi connectivity index (χ1) is 11.2. The first-order valence-electron chi connectivity index (χ1n) is 9.47. The van der Waals surface area contributed by atoms with E-state index < -0.39 is 0 Å². The third kappa shape index (κ3) is 13.1. The first kappa shape index (κ1) is 21.9. The number of unbranched alkanes of at least 4 members (excludes halogenated alkanes) is 7. The Kier molecular flexibility index (Phi) is 15.1. The lowest BCUT2D eigenvalue weighted by Gasteiger charge is -2.13. The van der Waals surface area contributed by atoms with Gasteiger partial charge in [0, 0.05) is 6.42 Å². The van der Waals surface area contributed by atoms with Crippen molar-refractivity contribution in [3.63, 3.8) is 0 Å². The summed E-state index contributed by atoms with van der Waals surface area (Å²) in [5, 5.41) is 0. The van der Waals surface area contributed by atoms with Gasteiger partial charge in [-0.3, -0.25) is 9.59 Å². The first-order valence-corrected chi connectivity index (χ1v) is 9.47. The number of rotatable bonds is 15. The number of esters is 2. The fourth-order valence-corrected chi connectivity index (χ4v) is 2.70. The molecular formula is C19H36O4. The van der Waals surface area contributed by atoms with E-state index in [1.165, 1.54) is 32.1 Å². The summed E-state index contributed by atoms with van der Waals surface area (Å²) >= 11 is 0. The molecule has 0 spiro atoms. The molecule has 0 aliphatic rings. The molecule has 0 rings (SSSR count). The van der Waals surface area contributed by atoms with Gasteiger partial charge in [0.2, 0.25) is 0 Å². The normalized spacial score (nSPS) is 12.0. The summed E-state index contributed by atoms with van der Waals surface area (Å²) in [5.74, 6) is -0.0194. The average molecular weight is 328 g/mol. The highest BCUT2D eigenvalue weighted by atomic mass is 16.5. The number of hydrogen-bond acceptors (Lipinski definition) is 4. The van der Waals surface area contributed by atoms with Crippen LogP contribution >= 0.6 is 0 Å². The van der Waals surface area contributed by atoms with Crippen LogP contribution in [0.3, 0.4) is 0 Å². The van der Waals surface area contributed by atoms with Gasteiger partial charge in [0.05, 0.1) is 19.1 Å². The second-order valence-corrected chi connectivity index (χ2v) is 6.03.